The summed E-state index contributed by atoms with van der Waals surface area (Å²) in [4.78, 5) is 33.0. The molecule has 0 radical (unpaired) electrons. The van der Waals surface area contributed by atoms with Gasteiger partial charge in [-0.15, -0.1) is 0 Å². The molecule has 0 bridgehead atoms. The van der Waals surface area contributed by atoms with E-state index in [1.54, 1.807) is 24.0 Å². The Morgan fingerprint density at radius 1 is 0.968 bits per heavy atom. The number of carbonyl (C=O) groups excluding carboxylic acids is 1. The molecule has 1 aliphatic rings. The Morgan fingerprint density at radius 3 is 2.52 bits per heavy atom. The Kier molecular flexibility index (Phi) is 4.79. The number of para-hydroxylation sites is 1. The fourth-order valence-electron chi connectivity index (χ4n) is 4.33. The standard InChI is InChI=1S/C25H23N3O3/c1-3-31-25-22-26-21-11-7-6-10-20(21)24(30)28(22)16(2)23(29)27(25)15-17-12-13-18-8-4-5-9-19(18)14-17/h4-14,16,25H,3,15H2,1-2H3/t16-,25-/m0/s1. The van der Waals surface area contributed by atoms with Gasteiger partial charge in [0.25, 0.3) is 5.56 Å². The normalized spacial score (nSPS) is 18.5. The van der Waals surface area contributed by atoms with E-state index in [9.17, 15) is 9.59 Å². The van der Waals surface area contributed by atoms with E-state index >= 15 is 0 Å². The zero-order chi connectivity index (χ0) is 21.5. The van der Waals surface area contributed by atoms with Crippen LogP contribution in [-0.2, 0) is 16.1 Å². The molecule has 31 heavy (non-hydrogen) atoms. The number of fused-ring (bicyclic) bond motifs is 3. The molecule has 6 nitrogen and oxygen atoms in total. The Labute approximate surface area is 179 Å². The maximum absolute atomic E-state index is 13.4. The molecule has 4 aromatic rings. The maximum Gasteiger partial charge on any atom is 0.262 e. The first-order valence-electron chi connectivity index (χ1n) is 10.5. The molecule has 0 saturated carbocycles. The molecular formula is C25H23N3O3. The summed E-state index contributed by atoms with van der Waals surface area (Å²) >= 11 is 0. The zero-order valence-electron chi connectivity index (χ0n) is 17.5. The second-order valence-electron chi connectivity index (χ2n) is 7.79. The van der Waals surface area contributed by atoms with E-state index in [1.165, 1.54) is 4.57 Å². The number of amides is 1. The van der Waals surface area contributed by atoms with Crippen LogP contribution >= 0.6 is 0 Å². The molecule has 0 fully saturated rings. The van der Waals surface area contributed by atoms with Gasteiger partial charge in [-0.1, -0.05) is 48.5 Å². The number of benzene rings is 3. The molecule has 0 unspecified atom stereocenters. The average molecular weight is 413 g/mol. The molecule has 2 heterocycles. The fraction of sp³-hybridized carbons (Fsp3) is 0.240. The van der Waals surface area contributed by atoms with Crippen LogP contribution in [0.3, 0.4) is 0 Å². The van der Waals surface area contributed by atoms with Crippen molar-refractivity contribution in [2.24, 2.45) is 0 Å². The minimum atomic E-state index is -0.725. The average Bonchev–Trinajstić information content (AvgIpc) is 2.79. The number of nitrogens with zero attached hydrogens (tertiary/aromatic N) is 3. The van der Waals surface area contributed by atoms with E-state index < -0.39 is 12.3 Å². The van der Waals surface area contributed by atoms with Crippen LogP contribution in [0.25, 0.3) is 21.7 Å². The summed E-state index contributed by atoms with van der Waals surface area (Å²) in [7, 11) is 0. The van der Waals surface area contributed by atoms with Gasteiger partial charge in [0.1, 0.15) is 6.04 Å². The van der Waals surface area contributed by atoms with E-state index in [0.717, 1.165) is 16.3 Å². The van der Waals surface area contributed by atoms with Crippen LogP contribution in [0.4, 0.5) is 0 Å². The Bertz CT molecular complexity index is 1360. The highest BCUT2D eigenvalue weighted by molar-refractivity contribution is 5.85. The van der Waals surface area contributed by atoms with Crippen LogP contribution in [-0.4, -0.2) is 27.0 Å². The largest absolute Gasteiger partial charge is 0.351 e. The van der Waals surface area contributed by atoms with Gasteiger partial charge in [0.2, 0.25) is 5.91 Å². The van der Waals surface area contributed by atoms with Gasteiger partial charge in [0.05, 0.1) is 10.9 Å². The molecule has 1 aromatic heterocycles. The van der Waals surface area contributed by atoms with Gasteiger partial charge in [-0.05, 0) is 48.4 Å². The number of hydrogen-bond donors (Lipinski definition) is 0. The molecule has 1 amide bonds. The van der Waals surface area contributed by atoms with Crippen LogP contribution in [0.2, 0.25) is 0 Å². The summed E-state index contributed by atoms with van der Waals surface area (Å²) in [6.07, 6.45) is -0.725. The molecule has 0 aliphatic carbocycles. The minimum absolute atomic E-state index is 0.154. The van der Waals surface area contributed by atoms with Crippen molar-refractivity contribution in [3.05, 3.63) is 88.5 Å². The molecule has 0 spiro atoms. The van der Waals surface area contributed by atoms with Crippen LogP contribution < -0.4 is 5.56 Å². The van der Waals surface area contributed by atoms with E-state index in [4.69, 9.17) is 9.72 Å². The van der Waals surface area contributed by atoms with Crippen molar-refractivity contribution in [1.82, 2.24) is 14.5 Å². The second-order valence-corrected chi connectivity index (χ2v) is 7.79. The highest BCUT2D eigenvalue weighted by Gasteiger charge is 2.40. The van der Waals surface area contributed by atoms with Gasteiger partial charge in [-0.25, -0.2) is 4.98 Å². The predicted octanol–water partition coefficient (Wildman–Crippen LogP) is 4.19. The Morgan fingerprint density at radius 2 is 1.71 bits per heavy atom. The third kappa shape index (κ3) is 3.20. The van der Waals surface area contributed by atoms with Crippen molar-refractivity contribution < 1.29 is 9.53 Å². The highest BCUT2D eigenvalue weighted by Crippen LogP contribution is 2.33. The lowest BCUT2D eigenvalue weighted by Crippen LogP contribution is -2.49. The predicted molar refractivity (Wildman–Crippen MR) is 120 cm³/mol. The molecule has 5 rings (SSSR count). The first-order chi connectivity index (χ1) is 15.1. The van der Waals surface area contributed by atoms with E-state index in [-0.39, 0.29) is 11.5 Å². The third-order valence-corrected chi connectivity index (χ3v) is 5.86. The molecule has 0 saturated heterocycles. The summed E-state index contributed by atoms with van der Waals surface area (Å²) < 4.78 is 7.48. The number of hydrogen-bond acceptors (Lipinski definition) is 4. The van der Waals surface area contributed by atoms with Gasteiger partial charge in [-0.3, -0.25) is 14.2 Å². The quantitative estimate of drug-likeness (QED) is 0.503. The second kappa shape index (κ2) is 7.63. The number of rotatable bonds is 4. The SMILES string of the molecule is CCO[C@H]1c2nc3ccccc3c(=O)n2[C@@H](C)C(=O)N1Cc1ccc2ccccc2c1. The number of carbonyl (C=O) groups is 1. The van der Waals surface area contributed by atoms with Crippen molar-refractivity contribution in [2.45, 2.75) is 32.7 Å². The van der Waals surface area contributed by atoms with Crippen molar-refractivity contribution >= 4 is 27.6 Å². The lowest BCUT2D eigenvalue weighted by molar-refractivity contribution is -0.158. The van der Waals surface area contributed by atoms with Gasteiger partial charge in [-0.2, -0.15) is 0 Å². The van der Waals surface area contributed by atoms with Gasteiger partial charge in [0.15, 0.2) is 12.1 Å². The van der Waals surface area contributed by atoms with Crippen LogP contribution in [0.1, 0.15) is 37.5 Å². The van der Waals surface area contributed by atoms with Crippen molar-refractivity contribution in [2.75, 3.05) is 6.61 Å². The first kappa shape index (κ1) is 19.5. The lowest BCUT2D eigenvalue weighted by Gasteiger charge is -2.39. The monoisotopic (exact) mass is 413 g/mol. The molecule has 2 atom stereocenters. The summed E-state index contributed by atoms with van der Waals surface area (Å²) in [6.45, 7) is 4.39. The molecule has 1 aliphatic heterocycles. The van der Waals surface area contributed by atoms with E-state index in [0.29, 0.717) is 29.9 Å². The maximum atomic E-state index is 13.4. The van der Waals surface area contributed by atoms with Crippen LogP contribution in [0.15, 0.2) is 71.5 Å². The summed E-state index contributed by atoms with van der Waals surface area (Å²) in [5.74, 6) is 0.316. The molecule has 3 aromatic carbocycles. The zero-order valence-corrected chi connectivity index (χ0v) is 17.5. The van der Waals surface area contributed by atoms with Gasteiger partial charge < -0.3 is 9.64 Å². The van der Waals surface area contributed by atoms with E-state index in [2.05, 4.69) is 24.3 Å². The van der Waals surface area contributed by atoms with Crippen molar-refractivity contribution in [3.8, 4) is 0 Å². The van der Waals surface area contributed by atoms with Crippen LogP contribution in [0.5, 0.6) is 0 Å². The topological polar surface area (TPSA) is 64.4 Å². The Hall–Kier alpha value is -3.51. The molecular weight excluding hydrogens is 390 g/mol. The molecule has 6 heteroatoms. The Balaban J connectivity index is 1.62. The summed E-state index contributed by atoms with van der Waals surface area (Å²) in [5.41, 5.74) is 1.40. The summed E-state index contributed by atoms with van der Waals surface area (Å²) in [6, 6.07) is 20.9. The van der Waals surface area contributed by atoms with Gasteiger partial charge in [0, 0.05) is 13.2 Å². The third-order valence-electron chi connectivity index (χ3n) is 5.86. The number of aromatic nitrogens is 2. The number of ether oxygens (including phenoxy) is 1. The molecule has 156 valence electrons. The minimum Gasteiger partial charge on any atom is -0.351 e. The van der Waals surface area contributed by atoms with Crippen molar-refractivity contribution in [3.63, 3.8) is 0 Å². The molecule has 0 N–H and O–H groups in total. The van der Waals surface area contributed by atoms with E-state index in [1.807, 2.05) is 37.3 Å². The first-order valence-corrected chi connectivity index (χ1v) is 10.5. The summed E-state index contributed by atoms with van der Waals surface area (Å²) in [5, 5.41) is 2.77. The highest BCUT2D eigenvalue weighted by atomic mass is 16.5. The smallest absolute Gasteiger partial charge is 0.262 e. The lowest BCUT2D eigenvalue weighted by atomic mass is 10.1. The van der Waals surface area contributed by atoms with Gasteiger partial charge >= 0.3 is 0 Å². The van der Waals surface area contributed by atoms with Crippen molar-refractivity contribution in [1.29, 1.82) is 0 Å². The fourth-order valence-corrected chi connectivity index (χ4v) is 4.33. The van der Waals surface area contributed by atoms with Crippen LogP contribution in [0, 0.1) is 0 Å².